The predicted molar refractivity (Wildman–Crippen MR) is 91.3 cm³/mol. The van der Waals surface area contributed by atoms with E-state index in [0.717, 1.165) is 12.1 Å². The van der Waals surface area contributed by atoms with Crippen LogP contribution < -0.4 is 19.5 Å². The summed E-state index contributed by atoms with van der Waals surface area (Å²) in [4.78, 5) is 9.98. The summed E-state index contributed by atoms with van der Waals surface area (Å²) in [5.74, 6) is 0.332. The lowest BCUT2D eigenvalue weighted by Gasteiger charge is -2.19. The molecule has 0 radical (unpaired) electrons. The highest BCUT2D eigenvalue weighted by atomic mass is 35.5. The molecule has 0 fully saturated rings. The van der Waals surface area contributed by atoms with Crippen LogP contribution in [-0.4, -0.2) is 59.9 Å². The molecule has 0 aliphatic carbocycles. The van der Waals surface area contributed by atoms with E-state index in [2.05, 4.69) is 10.0 Å². The number of benzene rings is 1. The van der Waals surface area contributed by atoms with Gasteiger partial charge in [0.25, 0.3) is 5.69 Å². The van der Waals surface area contributed by atoms with Gasteiger partial charge in [0.15, 0.2) is 16.4 Å². The number of fused-ring (bicyclic) bond motifs is 1. The largest absolute Gasteiger partial charge is 0.486 e. The zero-order valence-corrected chi connectivity index (χ0v) is 15.2. The first-order valence-electron chi connectivity index (χ1n) is 7.23. The van der Waals surface area contributed by atoms with E-state index in [1.807, 2.05) is 0 Å². The van der Waals surface area contributed by atoms with Crippen molar-refractivity contribution in [2.24, 2.45) is 0 Å². The smallest absolute Gasteiger partial charge is 0.293 e. The fraction of sp³-hybridized carbons (Fsp3) is 0.538. The Morgan fingerprint density at radius 1 is 1.20 bits per heavy atom. The van der Waals surface area contributed by atoms with Gasteiger partial charge in [0, 0.05) is 32.8 Å². The first-order valence-corrected chi connectivity index (χ1v) is 8.71. The maximum atomic E-state index is 12.4. The van der Waals surface area contributed by atoms with Gasteiger partial charge < -0.3 is 19.5 Å². The molecule has 0 atom stereocenters. The molecule has 142 valence electrons. The number of nitrogens with zero attached hydrogens (tertiary/aromatic N) is 1. The minimum Gasteiger partial charge on any atom is -0.486 e. The number of hydrogen-bond acceptors (Lipinski definition) is 8. The molecule has 0 unspecified atom stereocenters. The molecule has 1 heterocycles. The Bertz CT molecular complexity index is 699. The van der Waals surface area contributed by atoms with Crippen molar-refractivity contribution in [2.45, 2.75) is 4.90 Å². The van der Waals surface area contributed by atoms with Gasteiger partial charge in [-0.2, -0.15) is 0 Å². The van der Waals surface area contributed by atoms with Gasteiger partial charge in [0.1, 0.15) is 13.2 Å². The summed E-state index contributed by atoms with van der Waals surface area (Å²) in [6, 6.07) is 2.19. The van der Waals surface area contributed by atoms with Crippen molar-refractivity contribution in [3.05, 3.63) is 22.2 Å². The number of rotatable bonds is 9. The Balaban J connectivity index is 0.00000312. The van der Waals surface area contributed by atoms with E-state index in [1.165, 1.54) is 0 Å². The van der Waals surface area contributed by atoms with Crippen molar-refractivity contribution in [3.63, 3.8) is 0 Å². The quantitative estimate of drug-likeness (QED) is 0.346. The minimum absolute atomic E-state index is 0. The summed E-state index contributed by atoms with van der Waals surface area (Å²) in [6.45, 7) is 2.02. The van der Waals surface area contributed by atoms with Crippen molar-refractivity contribution in [1.82, 2.24) is 10.0 Å². The van der Waals surface area contributed by atoms with Gasteiger partial charge in [-0.05, 0) is 0 Å². The van der Waals surface area contributed by atoms with E-state index >= 15 is 0 Å². The van der Waals surface area contributed by atoms with Crippen LogP contribution in [0, 0.1) is 10.1 Å². The van der Waals surface area contributed by atoms with Crippen molar-refractivity contribution in [2.75, 3.05) is 46.6 Å². The van der Waals surface area contributed by atoms with E-state index < -0.39 is 25.5 Å². The number of nitro groups is 1. The fourth-order valence-electron chi connectivity index (χ4n) is 2.07. The molecule has 0 amide bonds. The van der Waals surface area contributed by atoms with Crippen LogP contribution in [0.3, 0.4) is 0 Å². The molecule has 1 aliphatic rings. The van der Waals surface area contributed by atoms with Gasteiger partial charge in [-0.3, -0.25) is 10.1 Å². The average Bonchev–Trinajstić information content (AvgIpc) is 2.56. The van der Waals surface area contributed by atoms with E-state index in [4.69, 9.17) is 14.2 Å². The van der Waals surface area contributed by atoms with Gasteiger partial charge in [-0.15, -0.1) is 12.4 Å². The topological polar surface area (TPSA) is 129 Å². The third-order valence-electron chi connectivity index (χ3n) is 3.19. The van der Waals surface area contributed by atoms with E-state index in [-0.39, 0.29) is 43.7 Å². The number of halogens is 1. The van der Waals surface area contributed by atoms with Gasteiger partial charge in [-0.1, -0.05) is 0 Å². The second kappa shape index (κ2) is 9.73. The molecule has 2 N–H and O–H groups in total. The lowest BCUT2D eigenvalue weighted by molar-refractivity contribution is -0.388. The van der Waals surface area contributed by atoms with Crippen LogP contribution in [-0.2, 0) is 14.8 Å². The number of sulfonamides is 1. The Hall–Kier alpha value is -1.66. The number of hydrogen-bond donors (Lipinski definition) is 2. The summed E-state index contributed by atoms with van der Waals surface area (Å²) < 4.78 is 42.5. The normalized spacial score (nSPS) is 13.2. The highest BCUT2D eigenvalue weighted by Crippen LogP contribution is 2.38. The Labute approximate surface area is 151 Å². The van der Waals surface area contributed by atoms with Gasteiger partial charge >= 0.3 is 0 Å². The molecule has 1 aliphatic heterocycles. The second-order valence-corrected chi connectivity index (χ2v) is 6.60. The van der Waals surface area contributed by atoms with E-state index in [1.54, 1.807) is 7.11 Å². The molecule has 0 saturated heterocycles. The Kier molecular flexibility index (Phi) is 8.32. The predicted octanol–water partition coefficient (Wildman–Crippen LogP) is 0.302. The number of nitro benzene ring substituents is 1. The molecule has 1 aromatic carbocycles. The van der Waals surface area contributed by atoms with Gasteiger partial charge in [0.05, 0.1) is 17.6 Å². The number of methoxy groups -OCH3 is 1. The fourth-order valence-corrected chi connectivity index (χ4v) is 3.27. The molecule has 25 heavy (non-hydrogen) atoms. The van der Waals surface area contributed by atoms with Crippen LogP contribution in [0.2, 0.25) is 0 Å². The molecule has 10 nitrogen and oxygen atoms in total. The van der Waals surface area contributed by atoms with E-state index in [9.17, 15) is 18.5 Å². The van der Waals surface area contributed by atoms with Crippen LogP contribution in [0.15, 0.2) is 17.0 Å². The van der Waals surface area contributed by atoms with Crippen molar-refractivity contribution < 1.29 is 27.6 Å². The molecule has 0 bridgehead atoms. The van der Waals surface area contributed by atoms with Crippen LogP contribution in [0.4, 0.5) is 5.69 Å². The summed E-state index contributed by atoms with van der Waals surface area (Å²) in [6.07, 6.45) is 0. The van der Waals surface area contributed by atoms with Crippen LogP contribution >= 0.6 is 12.4 Å². The molecular weight excluding hydrogens is 378 g/mol. The molecule has 12 heteroatoms. The summed E-state index contributed by atoms with van der Waals surface area (Å²) in [7, 11) is -2.50. The third kappa shape index (κ3) is 5.68. The molecule has 0 aromatic heterocycles. The minimum atomic E-state index is -4.06. The van der Waals surface area contributed by atoms with Crippen molar-refractivity contribution >= 4 is 28.1 Å². The molecule has 1 aromatic rings. The lowest BCUT2D eigenvalue weighted by atomic mass is 10.2. The van der Waals surface area contributed by atoms with Gasteiger partial charge in [-0.25, -0.2) is 13.1 Å². The third-order valence-corrected chi connectivity index (χ3v) is 4.68. The Morgan fingerprint density at radius 3 is 2.44 bits per heavy atom. The maximum Gasteiger partial charge on any atom is 0.293 e. The number of ether oxygens (including phenoxy) is 3. The van der Waals surface area contributed by atoms with Gasteiger partial charge in [0.2, 0.25) is 10.0 Å². The van der Waals surface area contributed by atoms with E-state index in [0.29, 0.717) is 19.7 Å². The zero-order chi connectivity index (χ0) is 17.6. The number of nitrogens with one attached hydrogen (secondary N) is 2. The summed E-state index contributed by atoms with van der Waals surface area (Å²) in [5, 5.41) is 14.2. The molecule has 2 rings (SSSR count). The van der Waals surface area contributed by atoms with Crippen LogP contribution in [0.5, 0.6) is 11.5 Å². The summed E-state index contributed by atoms with van der Waals surface area (Å²) in [5.41, 5.74) is -0.556. The van der Waals surface area contributed by atoms with Crippen LogP contribution in [0.1, 0.15) is 0 Å². The first kappa shape index (κ1) is 21.4. The molecule has 0 spiro atoms. The second-order valence-electron chi connectivity index (χ2n) is 4.86. The first-order chi connectivity index (χ1) is 11.5. The maximum absolute atomic E-state index is 12.4. The monoisotopic (exact) mass is 397 g/mol. The highest BCUT2D eigenvalue weighted by molar-refractivity contribution is 7.89. The average molecular weight is 398 g/mol. The molecule has 0 saturated carbocycles. The zero-order valence-electron chi connectivity index (χ0n) is 13.5. The standard InChI is InChI=1S/C13H19N3O7S.ClH/c1-21-5-4-14-2-3-15-24(19,20)13-9-12-11(22-6-7-23-12)8-10(13)16(17)18;/h8-9,14-15H,2-7H2,1H3;1H. The summed E-state index contributed by atoms with van der Waals surface area (Å²) >= 11 is 0. The highest BCUT2D eigenvalue weighted by Gasteiger charge is 2.30. The SMILES string of the molecule is COCCNCCNS(=O)(=O)c1cc2c(cc1[N+](=O)[O-])OCCO2.Cl. The van der Waals surface area contributed by atoms with Crippen molar-refractivity contribution in [1.29, 1.82) is 0 Å². The van der Waals surface area contributed by atoms with Crippen molar-refractivity contribution in [3.8, 4) is 11.5 Å². The van der Waals surface area contributed by atoms with Crippen LogP contribution in [0.25, 0.3) is 0 Å². The molecular formula is C13H20ClN3O7S. The Morgan fingerprint density at radius 2 is 1.84 bits per heavy atom. The lowest BCUT2D eigenvalue weighted by Crippen LogP contribution is -2.33.